The molecular formula is C32H19N. The minimum Gasteiger partial charge on any atom is -0.355 e. The highest BCUT2D eigenvalue weighted by molar-refractivity contribution is 6.27. The second-order valence-corrected chi connectivity index (χ2v) is 9.06. The molecule has 1 heteroatoms. The summed E-state index contributed by atoms with van der Waals surface area (Å²) in [4.78, 5) is 0. The molecule has 0 aliphatic rings. The molecule has 1 N–H and O–H groups in total. The summed E-state index contributed by atoms with van der Waals surface area (Å²) in [5.74, 6) is 0. The quantitative estimate of drug-likeness (QED) is 0.276. The zero-order chi connectivity index (χ0) is 21.5. The first-order chi connectivity index (χ1) is 16.3. The van der Waals surface area contributed by atoms with E-state index in [1.54, 1.807) is 0 Å². The molecule has 0 atom stereocenters. The van der Waals surface area contributed by atoms with Crippen LogP contribution in [0.15, 0.2) is 109 Å². The van der Waals surface area contributed by atoms with Gasteiger partial charge in [-0.05, 0) is 66.0 Å². The minimum atomic E-state index is 1.15. The zero-order valence-electron chi connectivity index (χ0n) is 17.9. The van der Waals surface area contributed by atoms with Gasteiger partial charge in [0.2, 0.25) is 0 Å². The fourth-order valence-corrected chi connectivity index (χ4v) is 5.83. The standard InChI is InChI=1S/C32H19N/c1-3-19-7-9-23-13-17-27(25-15-11-21(5-1)29(19)31(23)25)33-28-18-14-24-10-8-20-4-2-6-22-12-16-26(28)32(24)30(20)22/h1-18,33H. The number of hydrogen-bond donors (Lipinski definition) is 1. The first-order valence-corrected chi connectivity index (χ1v) is 11.5. The molecule has 0 aliphatic heterocycles. The summed E-state index contributed by atoms with van der Waals surface area (Å²) in [6, 6.07) is 40.0. The Hall–Kier alpha value is -4.36. The van der Waals surface area contributed by atoms with Crippen molar-refractivity contribution in [3.63, 3.8) is 0 Å². The van der Waals surface area contributed by atoms with Gasteiger partial charge >= 0.3 is 0 Å². The van der Waals surface area contributed by atoms with Crippen LogP contribution >= 0.6 is 0 Å². The summed E-state index contributed by atoms with van der Waals surface area (Å²) in [7, 11) is 0. The normalized spacial score (nSPS) is 12.2. The summed E-state index contributed by atoms with van der Waals surface area (Å²) >= 11 is 0. The fourth-order valence-electron chi connectivity index (χ4n) is 5.83. The van der Waals surface area contributed by atoms with Crippen molar-refractivity contribution in [1.82, 2.24) is 0 Å². The number of nitrogens with one attached hydrogen (secondary N) is 1. The van der Waals surface area contributed by atoms with Crippen LogP contribution in [0.2, 0.25) is 0 Å². The third-order valence-electron chi connectivity index (χ3n) is 7.33. The zero-order valence-corrected chi connectivity index (χ0v) is 17.9. The number of anilines is 2. The third-order valence-corrected chi connectivity index (χ3v) is 7.33. The Kier molecular flexibility index (Phi) is 3.19. The molecule has 0 aliphatic carbocycles. The predicted molar refractivity (Wildman–Crippen MR) is 144 cm³/mol. The van der Waals surface area contributed by atoms with E-state index in [0.29, 0.717) is 0 Å². The van der Waals surface area contributed by atoms with E-state index in [0.717, 1.165) is 11.4 Å². The largest absolute Gasteiger partial charge is 0.355 e. The lowest BCUT2D eigenvalue weighted by Crippen LogP contribution is -1.95. The number of rotatable bonds is 2. The minimum absolute atomic E-state index is 1.15. The Morgan fingerprint density at radius 3 is 1.06 bits per heavy atom. The van der Waals surface area contributed by atoms with Crippen molar-refractivity contribution in [2.45, 2.75) is 0 Å². The molecule has 0 fully saturated rings. The van der Waals surface area contributed by atoms with Crippen LogP contribution in [0.25, 0.3) is 64.6 Å². The van der Waals surface area contributed by atoms with Crippen molar-refractivity contribution in [3.8, 4) is 0 Å². The van der Waals surface area contributed by atoms with Gasteiger partial charge in [-0.1, -0.05) is 97.1 Å². The van der Waals surface area contributed by atoms with Gasteiger partial charge in [-0.15, -0.1) is 0 Å². The molecule has 8 aromatic carbocycles. The maximum atomic E-state index is 3.81. The van der Waals surface area contributed by atoms with Crippen molar-refractivity contribution in [2.75, 3.05) is 5.32 Å². The maximum Gasteiger partial charge on any atom is 0.0464 e. The first kappa shape index (κ1) is 17.2. The molecule has 0 amide bonds. The van der Waals surface area contributed by atoms with Gasteiger partial charge in [0.25, 0.3) is 0 Å². The highest BCUT2D eigenvalue weighted by atomic mass is 14.9. The van der Waals surface area contributed by atoms with E-state index in [-0.39, 0.29) is 0 Å². The van der Waals surface area contributed by atoms with Gasteiger partial charge in [0.1, 0.15) is 0 Å². The van der Waals surface area contributed by atoms with Crippen LogP contribution in [0.3, 0.4) is 0 Å². The molecule has 0 unspecified atom stereocenters. The van der Waals surface area contributed by atoms with Gasteiger partial charge in [0, 0.05) is 22.1 Å². The van der Waals surface area contributed by atoms with Crippen LogP contribution in [0.1, 0.15) is 0 Å². The number of benzene rings is 8. The second-order valence-electron chi connectivity index (χ2n) is 9.06. The van der Waals surface area contributed by atoms with Crippen molar-refractivity contribution >= 4 is 76.0 Å². The summed E-state index contributed by atoms with van der Waals surface area (Å²) in [6.45, 7) is 0. The van der Waals surface area contributed by atoms with Crippen LogP contribution in [0.5, 0.6) is 0 Å². The van der Waals surface area contributed by atoms with E-state index in [4.69, 9.17) is 0 Å². The number of hydrogen-bond acceptors (Lipinski definition) is 1. The highest BCUT2D eigenvalue weighted by Crippen LogP contribution is 2.41. The van der Waals surface area contributed by atoms with Crippen molar-refractivity contribution < 1.29 is 0 Å². The van der Waals surface area contributed by atoms with Gasteiger partial charge < -0.3 is 5.32 Å². The highest BCUT2D eigenvalue weighted by Gasteiger charge is 2.14. The lowest BCUT2D eigenvalue weighted by Gasteiger charge is -2.18. The van der Waals surface area contributed by atoms with Gasteiger partial charge in [0.05, 0.1) is 0 Å². The molecule has 0 saturated heterocycles. The van der Waals surface area contributed by atoms with E-state index in [9.17, 15) is 0 Å². The molecule has 1 nitrogen and oxygen atoms in total. The Morgan fingerprint density at radius 2 is 0.636 bits per heavy atom. The lowest BCUT2D eigenvalue weighted by atomic mass is 9.92. The summed E-state index contributed by atoms with van der Waals surface area (Å²) in [6.07, 6.45) is 0. The van der Waals surface area contributed by atoms with Crippen LogP contribution in [0.4, 0.5) is 11.4 Å². The van der Waals surface area contributed by atoms with Crippen LogP contribution < -0.4 is 5.32 Å². The van der Waals surface area contributed by atoms with E-state index >= 15 is 0 Å². The topological polar surface area (TPSA) is 12.0 Å². The lowest BCUT2D eigenvalue weighted by molar-refractivity contribution is 1.63. The summed E-state index contributed by atoms with van der Waals surface area (Å²) in [5, 5.41) is 19.5. The monoisotopic (exact) mass is 417 g/mol. The molecule has 8 rings (SSSR count). The van der Waals surface area contributed by atoms with Crippen molar-refractivity contribution in [3.05, 3.63) is 109 Å². The Bertz CT molecular complexity index is 1820. The molecule has 33 heavy (non-hydrogen) atoms. The van der Waals surface area contributed by atoms with Crippen molar-refractivity contribution in [2.24, 2.45) is 0 Å². The van der Waals surface area contributed by atoms with E-state index in [1.165, 1.54) is 64.6 Å². The van der Waals surface area contributed by atoms with Gasteiger partial charge in [-0.25, -0.2) is 0 Å². The Labute approximate surface area is 190 Å². The molecule has 8 aromatic rings. The van der Waals surface area contributed by atoms with Gasteiger partial charge in [0.15, 0.2) is 0 Å². The SMILES string of the molecule is c1cc2ccc3ccc(Nc4ccc5ccc6cccc7ccc4c5c67)c4ccc(c1)c2c34. The van der Waals surface area contributed by atoms with Crippen LogP contribution in [-0.4, -0.2) is 0 Å². The predicted octanol–water partition coefficient (Wildman–Crippen LogP) is 9.22. The molecule has 0 heterocycles. The van der Waals surface area contributed by atoms with Crippen LogP contribution in [0, 0.1) is 0 Å². The molecule has 0 bridgehead atoms. The van der Waals surface area contributed by atoms with E-state index in [2.05, 4.69) is 115 Å². The molecule has 0 aromatic heterocycles. The molecule has 0 radical (unpaired) electrons. The summed E-state index contributed by atoms with van der Waals surface area (Å²) in [5.41, 5.74) is 2.30. The Morgan fingerprint density at radius 1 is 0.303 bits per heavy atom. The molecular weight excluding hydrogens is 398 g/mol. The van der Waals surface area contributed by atoms with Crippen LogP contribution in [-0.2, 0) is 0 Å². The van der Waals surface area contributed by atoms with E-state index in [1.807, 2.05) is 0 Å². The Balaban J connectivity index is 1.41. The molecule has 0 spiro atoms. The smallest absolute Gasteiger partial charge is 0.0464 e. The average molecular weight is 418 g/mol. The first-order valence-electron chi connectivity index (χ1n) is 11.5. The molecule has 0 saturated carbocycles. The third kappa shape index (κ3) is 2.26. The van der Waals surface area contributed by atoms with Gasteiger partial charge in [-0.3, -0.25) is 0 Å². The van der Waals surface area contributed by atoms with Crippen molar-refractivity contribution in [1.29, 1.82) is 0 Å². The van der Waals surface area contributed by atoms with Gasteiger partial charge in [-0.2, -0.15) is 0 Å². The molecule has 152 valence electrons. The summed E-state index contributed by atoms with van der Waals surface area (Å²) < 4.78 is 0. The fraction of sp³-hybridized carbons (Fsp3) is 0. The second kappa shape index (κ2) is 6.11. The maximum absolute atomic E-state index is 3.81. The average Bonchev–Trinajstić information content (AvgIpc) is 2.87. The van der Waals surface area contributed by atoms with E-state index < -0.39 is 0 Å².